The number of rotatable bonds is 7. The fourth-order valence-electron chi connectivity index (χ4n) is 2.82. The molecule has 0 aliphatic heterocycles. The van der Waals surface area contributed by atoms with Gasteiger partial charge in [0.1, 0.15) is 11.6 Å². The number of benzene rings is 2. The van der Waals surface area contributed by atoms with Crippen LogP contribution in [-0.2, 0) is 6.54 Å². The van der Waals surface area contributed by atoms with Gasteiger partial charge in [-0.05, 0) is 23.8 Å². The Morgan fingerprint density at radius 3 is 2.81 bits per heavy atom. The van der Waals surface area contributed by atoms with Gasteiger partial charge in [-0.15, -0.1) is 0 Å². The third-order valence-corrected chi connectivity index (χ3v) is 4.08. The molecule has 3 rings (SSSR count). The molecular formula is C20H21N3O3. The van der Waals surface area contributed by atoms with E-state index in [0.717, 1.165) is 16.9 Å². The summed E-state index contributed by atoms with van der Waals surface area (Å²) in [6.07, 6.45) is 3.35. The van der Waals surface area contributed by atoms with Crippen molar-refractivity contribution in [3.8, 4) is 16.9 Å². The zero-order valence-corrected chi connectivity index (χ0v) is 14.6. The Balaban J connectivity index is 1.89. The van der Waals surface area contributed by atoms with Crippen LogP contribution in [0, 0.1) is 0 Å². The molecule has 26 heavy (non-hydrogen) atoms. The van der Waals surface area contributed by atoms with Gasteiger partial charge in [0.2, 0.25) is 0 Å². The highest BCUT2D eigenvalue weighted by atomic mass is 16.5. The van der Waals surface area contributed by atoms with Crippen LogP contribution in [0.1, 0.15) is 16.2 Å². The van der Waals surface area contributed by atoms with Gasteiger partial charge in [-0.3, -0.25) is 4.79 Å². The Morgan fingerprint density at radius 1 is 1.23 bits per heavy atom. The van der Waals surface area contributed by atoms with Crippen molar-refractivity contribution in [1.29, 1.82) is 0 Å². The molecule has 0 spiro atoms. The molecule has 1 aromatic heterocycles. The summed E-state index contributed by atoms with van der Waals surface area (Å²) in [6, 6.07) is 15.1. The van der Waals surface area contributed by atoms with E-state index < -0.39 is 0 Å². The minimum atomic E-state index is -0.160. The van der Waals surface area contributed by atoms with Gasteiger partial charge in [0, 0.05) is 30.1 Å². The molecule has 0 atom stereocenters. The molecular weight excluding hydrogens is 330 g/mol. The zero-order chi connectivity index (χ0) is 18.4. The molecule has 3 aromatic rings. The lowest BCUT2D eigenvalue weighted by Crippen LogP contribution is -2.33. The van der Waals surface area contributed by atoms with E-state index >= 15 is 0 Å². The molecule has 0 saturated carbocycles. The minimum Gasteiger partial charge on any atom is -0.496 e. The summed E-state index contributed by atoms with van der Waals surface area (Å²) in [7, 11) is 1.63. The smallest absolute Gasteiger partial charge is 0.254 e. The van der Waals surface area contributed by atoms with Crippen LogP contribution in [0.3, 0.4) is 0 Å². The molecule has 2 N–H and O–H groups in total. The normalized spacial score (nSPS) is 10.5. The van der Waals surface area contributed by atoms with Gasteiger partial charge in [-0.25, -0.2) is 4.98 Å². The van der Waals surface area contributed by atoms with Crippen molar-refractivity contribution >= 4 is 5.91 Å². The van der Waals surface area contributed by atoms with Crippen LogP contribution in [0.4, 0.5) is 0 Å². The first-order chi connectivity index (χ1) is 12.7. The highest BCUT2D eigenvalue weighted by Crippen LogP contribution is 2.30. The molecule has 6 heteroatoms. The first-order valence-corrected chi connectivity index (χ1v) is 8.34. The van der Waals surface area contributed by atoms with Crippen molar-refractivity contribution in [3.63, 3.8) is 0 Å². The lowest BCUT2D eigenvalue weighted by molar-refractivity contribution is 0.0703. The number of aliphatic hydroxyl groups excluding tert-OH is 1. The average Bonchev–Trinajstić information content (AvgIpc) is 3.20. The van der Waals surface area contributed by atoms with Crippen molar-refractivity contribution < 1.29 is 14.6 Å². The van der Waals surface area contributed by atoms with E-state index in [0.29, 0.717) is 17.9 Å². The third kappa shape index (κ3) is 3.92. The van der Waals surface area contributed by atoms with Crippen LogP contribution >= 0.6 is 0 Å². The number of aromatic amines is 1. The van der Waals surface area contributed by atoms with Crippen molar-refractivity contribution in [2.45, 2.75) is 6.54 Å². The SMILES string of the molecule is COc1ccccc1-c1cccc(C(=O)N(CCO)Cc2ncc[nH]2)c1. The molecule has 2 aromatic carbocycles. The standard InChI is InChI=1S/C20H21N3O3/c1-26-18-8-3-2-7-17(18)15-5-4-6-16(13-15)20(25)23(11-12-24)14-19-21-9-10-22-19/h2-10,13,24H,11-12,14H2,1H3,(H,21,22). The second kappa shape index (κ2) is 8.31. The maximum absolute atomic E-state index is 12.9. The van der Waals surface area contributed by atoms with Gasteiger partial charge in [0.05, 0.1) is 20.3 Å². The largest absolute Gasteiger partial charge is 0.496 e. The summed E-state index contributed by atoms with van der Waals surface area (Å²) in [6.45, 7) is 0.433. The number of carbonyl (C=O) groups is 1. The summed E-state index contributed by atoms with van der Waals surface area (Å²) in [4.78, 5) is 21.6. The molecule has 0 unspecified atom stereocenters. The van der Waals surface area contributed by atoms with Crippen LogP contribution in [0.5, 0.6) is 5.75 Å². The predicted octanol–water partition coefficient (Wildman–Crippen LogP) is 2.72. The number of methoxy groups -OCH3 is 1. The number of aliphatic hydroxyl groups is 1. The highest BCUT2D eigenvalue weighted by Gasteiger charge is 2.17. The molecule has 0 aliphatic rings. The van der Waals surface area contributed by atoms with Crippen molar-refractivity contribution in [1.82, 2.24) is 14.9 Å². The van der Waals surface area contributed by atoms with Gasteiger partial charge in [-0.2, -0.15) is 0 Å². The number of imidazole rings is 1. The fraction of sp³-hybridized carbons (Fsp3) is 0.200. The second-order valence-corrected chi connectivity index (χ2v) is 5.77. The molecule has 0 saturated heterocycles. The number of hydrogen-bond acceptors (Lipinski definition) is 4. The van der Waals surface area contributed by atoms with Crippen molar-refractivity contribution in [2.75, 3.05) is 20.3 Å². The van der Waals surface area contributed by atoms with Crippen LogP contribution in [0.2, 0.25) is 0 Å². The highest BCUT2D eigenvalue weighted by molar-refractivity contribution is 5.95. The summed E-state index contributed by atoms with van der Waals surface area (Å²) in [5, 5.41) is 9.32. The lowest BCUT2D eigenvalue weighted by atomic mass is 10.0. The summed E-state index contributed by atoms with van der Waals surface area (Å²) in [5.74, 6) is 1.26. The third-order valence-electron chi connectivity index (χ3n) is 4.08. The number of amides is 1. The van der Waals surface area contributed by atoms with Crippen LogP contribution in [0.25, 0.3) is 11.1 Å². The van der Waals surface area contributed by atoms with E-state index in [2.05, 4.69) is 9.97 Å². The Kier molecular flexibility index (Phi) is 5.66. The van der Waals surface area contributed by atoms with Gasteiger partial charge in [0.15, 0.2) is 0 Å². The van der Waals surface area contributed by atoms with E-state index in [1.807, 2.05) is 42.5 Å². The van der Waals surface area contributed by atoms with Crippen molar-refractivity contribution in [3.05, 3.63) is 72.3 Å². The number of nitrogens with one attached hydrogen (secondary N) is 1. The molecule has 1 amide bonds. The van der Waals surface area contributed by atoms with E-state index in [1.54, 1.807) is 30.5 Å². The Morgan fingerprint density at radius 2 is 2.08 bits per heavy atom. The average molecular weight is 351 g/mol. The number of nitrogens with zero attached hydrogens (tertiary/aromatic N) is 2. The number of hydrogen-bond donors (Lipinski definition) is 2. The molecule has 6 nitrogen and oxygen atoms in total. The Bertz CT molecular complexity index is 862. The van der Waals surface area contributed by atoms with Crippen molar-refractivity contribution in [2.24, 2.45) is 0 Å². The van der Waals surface area contributed by atoms with E-state index in [9.17, 15) is 9.90 Å². The van der Waals surface area contributed by atoms with Gasteiger partial charge < -0.3 is 19.7 Å². The van der Waals surface area contributed by atoms with Gasteiger partial charge >= 0.3 is 0 Å². The fourth-order valence-corrected chi connectivity index (χ4v) is 2.82. The Labute approximate surface area is 152 Å². The molecule has 0 bridgehead atoms. The summed E-state index contributed by atoms with van der Waals surface area (Å²) < 4.78 is 5.42. The molecule has 0 aliphatic carbocycles. The second-order valence-electron chi connectivity index (χ2n) is 5.77. The monoisotopic (exact) mass is 351 g/mol. The zero-order valence-electron chi connectivity index (χ0n) is 14.6. The van der Waals surface area contributed by atoms with Crippen LogP contribution in [0.15, 0.2) is 60.9 Å². The number of H-pyrrole nitrogens is 1. The minimum absolute atomic E-state index is 0.112. The van der Waals surface area contributed by atoms with Gasteiger partial charge in [0.25, 0.3) is 5.91 Å². The lowest BCUT2D eigenvalue weighted by Gasteiger charge is -2.21. The molecule has 0 fully saturated rings. The maximum Gasteiger partial charge on any atom is 0.254 e. The summed E-state index contributed by atoms with van der Waals surface area (Å²) >= 11 is 0. The van der Waals surface area contributed by atoms with Crippen LogP contribution < -0.4 is 4.74 Å². The Hall–Kier alpha value is -3.12. The molecule has 134 valence electrons. The topological polar surface area (TPSA) is 78.4 Å². The number of para-hydroxylation sites is 1. The molecule has 0 radical (unpaired) electrons. The van der Waals surface area contributed by atoms with Gasteiger partial charge in [-0.1, -0.05) is 30.3 Å². The number of carbonyl (C=O) groups excluding carboxylic acids is 1. The molecule has 1 heterocycles. The van der Waals surface area contributed by atoms with E-state index in [4.69, 9.17) is 4.74 Å². The first kappa shape index (κ1) is 17.7. The number of aromatic nitrogens is 2. The summed E-state index contributed by atoms with van der Waals surface area (Å²) in [5.41, 5.74) is 2.37. The van der Waals surface area contributed by atoms with E-state index in [1.165, 1.54) is 0 Å². The van der Waals surface area contributed by atoms with Crippen LogP contribution in [-0.4, -0.2) is 46.1 Å². The maximum atomic E-state index is 12.9. The predicted molar refractivity (Wildman–Crippen MR) is 98.8 cm³/mol. The van der Waals surface area contributed by atoms with E-state index in [-0.39, 0.29) is 19.1 Å². The quantitative estimate of drug-likeness (QED) is 0.686. The first-order valence-electron chi connectivity index (χ1n) is 8.34. The number of ether oxygens (including phenoxy) is 1.